The van der Waals surface area contributed by atoms with Gasteiger partial charge in [-0.3, -0.25) is 0 Å². The molecule has 4 aliphatic heterocycles. The van der Waals surface area contributed by atoms with Crippen molar-refractivity contribution < 1.29 is 76.9 Å². The Bertz CT molecular complexity index is 1560. The van der Waals surface area contributed by atoms with E-state index in [4.69, 9.17) is 37.9 Å². The normalized spacial score (nSPS) is 27.4. The molecule has 4 aliphatic rings. The van der Waals surface area contributed by atoms with Gasteiger partial charge in [0.15, 0.2) is 0 Å². The maximum atomic E-state index is 12.7. The number of allylic oxidation sites excluding steroid dienone is 8. The minimum atomic E-state index is -2.40. The maximum absolute atomic E-state index is 12.7. The lowest BCUT2D eigenvalue weighted by atomic mass is 10.1. The third-order valence-electron chi connectivity index (χ3n) is 6.58. The molecular formula is C32H28O16-2. The Labute approximate surface area is 272 Å². The van der Waals surface area contributed by atoms with Crippen LogP contribution in [-0.4, -0.2) is 59.0 Å². The van der Waals surface area contributed by atoms with Crippen LogP contribution in [0.25, 0.3) is 0 Å². The van der Waals surface area contributed by atoms with Crippen LogP contribution in [-0.2, 0) is 66.7 Å². The second-order valence-electron chi connectivity index (χ2n) is 11.3. The quantitative estimate of drug-likeness (QED) is 0.118. The lowest BCUT2D eigenvalue weighted by molar-refractivity contribution is -0.464. The summed E-state index contributed by atoms with van der Waals surface area (Å²) in [6.45, 7) is 7.65. The molecule has 0 amide bonds. The van der Waals surface area contributed by atoms with Crippen LogP contribution in [0.3, 0.4) is 0 Å². The molecule has 0 spiro atoms. The second kappa shape index (κ2) is 12.6. The monoisotopic (exact) mass is 668 g/mol. The van der Waals surface area contributed by atoms with Crippen LogP contribution in [0.4, 0.5) is 0 Å². The average molecular weight is 669 g/mol. The van der Waals surface area contributed by atoms with Crippen LogP contribution < -0.4 is 10.2 Å². The number of hydrogen-bond donors (Lipinski definition) is 0. The minimum Gasteiger partial charge on any atom is -0.571 e. The first kappa shape index (κ1) is 34.8. The van der Waals surface area contributed by atoms with Gasteiger partial charge in [0.05, 0.1) is 23.0 Å². The zero-order chi connectivity index (χ0) is 35.7. The average Bonchev–Trinajstić information content (AvgIpc) is 2.92. The molecule has 2 unspecified atom stereocenters. The second-order valence-corrected chi connectivity index (χ2v) is 11.3. The van der Waals surface area contributed by atoms with Crippen LogP contribution in [0, 0.1) is 0 Å². The van der Waals surface area contributed by atoms with E-state index in [1.54, 1.807) is 0 Å². The van der Waals surface area contributed by atoms with Gasteiger partial charge in [-0.25, -0.2) is 28.8 Å². The fourth-order valence-electron chi connectivity index (χ4n) is 4.11. The summed E-state index contributed by atoms with van der Waals surface area (Å²) in [4.78, 5) is 73.4. The van der Waals surface area contributed by atoms with Crippen LogP contribution in [0.15, 0.2) is 94.9 Å². The maximum Gasteiger partial charge on any atom is 0.348 e. The molecule has 0 aromatic rings. The summed E-state index contributed by atoms with van der Waals surface area (Å²) in [5.41, 5.74) is -1.94. The van der Waals surface area contributed by atoms with Gasteiger partial charge in [0.1, 0.15) is 11.1 Å². The van der Waals surface area contributed by atoms with Crippen molar-refractivity contribution in [3.05, 3.63) is 94.9 Å². The number of hydrogen-bond acceptors (Lipinski definition) is 16. The zero-order valence-electron chi connectivity index (χ0n) is 26.3. The number of carbonyl (C=O) groups excluding carboxylic acids is 6. The van der Waals surface area contributed by atoms with E-state index in [1.165, 1.54) is 64.2 Å². The summed E-state index contributed by atoms with van der Waals surface area (Å²) in [7, 11) is 0. The topological polar surface area (TPSA) is 222 Å². The van der Waals surface area contributed by atoms with Gasteiger partial charge in [0.2, 0.25) is 11.6 Å². The minimum absolute atomic E-state index is 0.381. The molecule has 2 fully saturated rings. The summed E-state index contributed by atoms with van der Waals surface area (Å²) >= 11 is 0. The van der Waals surface area contributed by atoms with Crippen molar-refractivity contribution in [2.24, 2.45) is 0 Å². The van der Waals surface area contributed by atoms with E-state index in [2.05, 4.69) is 0 Å². The summed E-state index contributed by atoms with van der Waals surface area (Å²) in [5, 5.41) is 25.5. The van der Waals surface area contributed by atoms with E-state index in [-0.39, 0.29) is 11.1 Å². The zero-order valence-corrected chi connectivity index (χ0v) is 26.3. The Morgan fingerprint density at radius 2 is 0.729 bits per heavy atom. The Morgan fingerprint density at radius 3 is 1.02 bits per heavy atom. The highest BCUT2D eigenvalue weighted by atomic mass is 16.8. The molecule has 48 heavy (non-hydrogen) atoms. The number of ether oxygens (including phenoxy) is 8. The van der Waals surface area contributed by atoms with E-state index >= 15 is 0 Å². The molecule has 4 heterocycles. The molecule has 0 saturated carbocycles. The smallest absolute Gasteiger partial charge is 0.348 e. The Morgan fingerprint density at radius 1 is 0.417 bits per heavy atom. The van der Waals surface area contributed by atoms with E-state index in [1.807, 2.05) is 0 Å². The summed E-state index contributed by atoms with van der Waals surface area (Å²) < 4.78 is 40.8. The predicted molar refractivity (Wildman–Crippen MR) is 150 cm³/mol. The number of rotatable bonds is 7. The lowest BCUT2D eigenvalue weighted by Gasteiger charge is -2.55. The summed E-state index contributed by atoms with van der Waals surface area (Å²) in [6, 6.07) is 0. The molecule has 0 aliphatic carbocycles. The summed E-state index contributed by atoms with van der Waals surface area (Å²) in [6.07, 6.45) is 11.7. The van der Waals surface area contributed by atoms with E-state index in [0.717, 1.165) is 38.2 Å². The number of carbonyl (C=O) groups is 6. The van der Waals surface area contributed by atoms with Gasteiger partial charge in [-0.1, -0.05) is 36.5 Å². The van der Waals surface area contributed by atoms with Gasteiger partial charge >= 0.3 is 35.8 Å². The fourth-order valence-corrected chi connectivity index (χ4v) is 4.11. The largest absolute Gasteiger partial charge is 0.571 e. The molecule has 2 saturated heterocycles. The van der Waals surface area contributed by atoms with Crippen molar-refractivity contribution in [1.82, 2.24) is 0 Å². The molecule has 254 valence electrons. The first-order valence-electron chi connectivity index (χ1n) is 14.0. The Kier molecular flexibility index (Phi) is 9.15. The van der Waals surface area contributed by atoms with Crippen LogP contribution >= 0.6 is 0 Å². The Hall–Kier alpha value is -6.06. The van der Waals surface area contributed by atoms with Gasteiger partial charge in [0, 0.05) is 27.7 Å². The molecule has 4 rings (SSSR count). The van der Waals surface area contributed by atoms with Crippen LogP contribution in [0.5, 0.6) is 0 Å². The van der Waals surface area contributed by atoms with Gasteiger partial charge in [-0.2, -0.15) is 0 Å². The molecule has 0 N–H and O–H groups in total. The third kappa shape index (κ3) is 7.32. The SMILES string of the molecule is CC1(C)OC(=O)C(=CC=CC=CC2=C([O-])OC(C)(C3(C)OC(=O)C(/C=C/C=C/C=C4C(=O)OC(C)(C)OC4=O)=C([O-])O3)OC2=O)C(=O)O1. The van der Waals surface area contributed by atoms with Crippen molar-refractivity contribution in [1.29, 1.82) is 0 Å². The van der Waals surface area contributed by atoms with Crippen molar-refractivity contribution in [2.75, 3.05) is 0 Å². The summed E-state index contributed by atoms with van der Waals surface area (Å²) in [5.74, 6) is -16.1. The van der Waals surface area contributed by atoms with Crippen molar-refractivity contribution >= 4 is 35.8 Å². The van der Waals surface area contributed by atoms with Crippen LogP contribution in [0.1, 0.15) is 41.5 Å². The lowest BCUT2D eigenvalue weighted by Crippen LogP contribution is -2.62. The molecular weight excluding hydrogens is 640 g/mol. The van der Waals surface area contributed by atoms with Crippen molar-refractivity contribution in [3.63, 3.8) is 0 Å². The third-order valence-corrected chi connectivity index (χ3v) is 6.58. The van der Waals surface area contributed by atoms with E-state index in [9.17, 15) is 39.0 Å². The predicted octanol–water partition coefficient (Wildman–Crippen LogP) is 0.459. The molecule has 0 bridgehead atoms. The highest BCUT2D eigenvalue weighted by Crippen LogP contribution is 2.41. The van der Waals surface area contributed by atoms with Crippen molar-refractivity contribution in [2.45, 2.75) is 64.7 Å². The molecule has 0 aromatic carbocycles. The molecule has 0 radical (unpaired) electrons. The highest BCUT2D eigenvalue weighted by molar-refractivity contribution is 6.16. The number of esters is 6. The van der Waals surface area contributed by atoms with Crippen LogP contribution in [0.2, 0.25) is 0 Å². The molecule has 2 atom stereocenters. The first-order chi connectivity index (χ1) is 22.3. The van der Waals surface area contributed by atoms with Gasteiger partial charge in [-0.05, 0) is 38.2 Å². The Balaban J connectivity index is 1.42. The fraction of sp³-hybridized carbons (Fsp3) is 0.312. The van der Waals surface area contributed by atoms with E-state index in [0.29, 0.717) is 0 Å². The molecule has 16 heteroatoms. The van der Waals surface area contributed by atoms with Crippen molar-refractivity contribution in [3.8, 4) is 0 Å². The molecule has 16 nitrogen and oxygen atoms in total. The highest BCUT2D eigenvalue weighted by Gasteiger charge is 2.52. The van der Waals surface area contributed by atoms with Gasteiger partial charge < -0.3 is 48.1 Å². The van der Waals surface area contributed by atoms with Gasteiger partial charge in [0.25, 0.3) is 11.6 Å². The van der Waals surface area contributed by atoms with E-state index < -0.39 is 82.0 Å². The van der Waals surface area contributed by atoms with Gasteiger partial charge in [-0.15, -0.1) is 0 Å². The first-order valence-corrected chi connectivity index (χ1v) is 14.0. The standard InChI is InChI=1S/C32H30O16/c1-29(2)41-21(33)17(22(34)42-29)13-9-7-11-15-19-25(37)45-31(5,46-26(19)38)32(6)47-27(39)20(28(40)48-32)16-12-8-10-14-18-23(35)43-30(3,4)44-24(18)36/h7-16,37,39H,1-6H3/p-2/b9-7+,10-8?,15-11+,16-12?. The molecule has 0 aromatic heterocycles. The number of cyclic esters (lactones) is 6.